The first-order chi connectivity index (χ1) is 15.7. The number of aromatic amines is 1. The molecule has 2 aliphatic rings. The van der Waals surface area contributed by atoms with Gasteiger partial charge in [0.15, 0.2) is 5.65 Å². The third-order valence-corrected chi connectivity index (χ3v) is 7.12. The maximum atomic E-state index is 12.8. The quantitative estimate of drug-likeness (QED) is 0.534. The number of aromatic nitrogens is 6. The minimum absolute atomic E-state index is 0.0831. The first-order valence-corrected chi connectivity index (χ1v) is 11.6. The lowest BCUT2D eigenvalue weighted by Crippen LogP contribution is -2.22. The first kappa shape index (κ1) is 19.5. The third-order valence-electron chi connectivity index (χ3n) is 7.12. The normalized spacial score (nSPS) is 22.4. The number of H-pyrrole nitrogens is 1. The molecule has 8 nitrogen and oxygen atoms in total. The Morgan fingerprint density at radius 2 is 1.97 bits per heavy atom. The number of hydrogen-bond acceptors (Lipinski definition) is 6. The van der Waals surface area contributed by atoms with Crippen molar-refractivity contribution in [3.8, 4) is 0 Å². The van der Waals surface area contributed by atoms with Gasteiger partial charge >= 0.3 is 0 Å². The molecule has 0 spiro atoms. The summed E-state index contributed by atoms with van der Waals surface area (Å²) >= 11 is 0. The van der Waals surface area contributed by atoms with Crippen molar-refractivity contribution in [3.63, 3.8) is 0 Å². The smallest absolute Gasteiger partial charge is 0.262 e. The summed E-state index contributed by atoms with van der Waals surface area (Å²) in [5, 5.41) is 15.0. The van der Waals surface area contributed by atoms with Crippen LogP contribution in [0.2, 0.25) is 0 Å². The molecule has 1 saturated carbocycles. The van der Waals surface area contributed by atoms with Gasteiger partial charge in [-0.25, -0.2) is 9.67 Å². The van der Waals surface area contributed by atoms with Crippen LogP contribution in [0.25, 0.3) is 21.9 Å². The minimum atomic E-state index is -0.0831. The fraction of sp³-hybridized carbons (Fsp3) is 0.458. The number of likely N-dealkylation sites (tertiary alicyclic amines) is 1. The Labute approximate surface area is 185 Å². The Balaban J connectivity index is 1.27. The Kier molecular flexibility index (Phi) is 4.75. The van der Waals surface area contributed by atoms with Gasteiger partial charge in [0.2, 0.25) is 0 Å². The molecule has 6 rings (SSSR count). The summed E-state index contributed by atoms with van der Waals surface area (Å²) in [6, 6.07) is 10.5. The van der Waals surface area contributed by atoms with Crippen molar-refractivity contribution in [2.24, 2.45) is 5.92 Å². The van der Waals surface area contributed by atoms with E-state index in [1.54, 1.807) is 6.20 Å². The molecule has 8 heteroatoms. The van der Waals surface area contributed by atoms with E-state index >= 15 is 0 Å². The number of hydrogen-bond donors (Lipinski definition) is 1. The van der Waals surface area contributed by atoms with Crippen LogP contribution < -0.4 is 5.56 Å². The molecule has 0 amide bonds. The summed E-state index contributed by atoms with van der Waals surface area (Å²) in [6.07, 6.45) is 6.33. The van der Waals surface area contributed by atoms with E-state index in [1.165, 1.54) is 12.8 Å². The number of benzene rings is 1. The average Bonchev–Trinajstić information content (AvgIpc) is 3.53. The van der Waals surface area contributed by atoms with Crippen molar-refractivity contribution in [2.45, 2.75) is 51.1 Å². The molecule has 1 aliphatic carbocycles. The lowest BCUT2D eigenvalue weighted by molar-refractivity contribution is 0.313. The highest BCUT2D eigenvalue weighted by Gasteiger charge is 2.33. The summed E-state index contributed by atoms with van der Waals surface area (Å²) in [5.41, 5.74) is 2.53. The van der Waals surface area contributed by atoms with Gasteiger partial charge in [-0.05, 0) is 30.9 Å². The number of rotatable bonds is 4. The number of nitrogens with one attached hydrogen (secondary N) is 1. The van der Waals surface area contributed by atoms with Gasteiger partial charge in [0.05, 0.1) is 23.4 Å². The second-order valence-corrected chi connectivity index (χ2v) is 9.39. The van der Waals surface area contributed by atoms with E-state index in [9.17, 15) is 4.79 Å². The van der Waals surface area contributed by atoms with Crippen molar-refractivity contribution < 1.29 is 0 Å². The van der Waals surface area contributed by atoms with Gasteiger partial charge < -0.3 is 4.98 Å². The fourth-order valence-electron chi connectivity index (χ4n) is 5.43. The summed E-state index contributed by atoms with van der Waals surface area (Å²) in [7, 11) is 0. The lowest BCUT2D eigenvalue weighted by Gasteiger charge is -2.16. The molecule has 1 aromatic carbocycles. The molecule has 164 valence electrons. The van der Waals surface area contributed by atoms with E-state index in [0.29, 0.717) is 17.3 Å². The highest BCUT2D eigenvalue weighted by Crippen LogP contribution is 2.33. The van der Waals surface area contributed by atoms with Crippen LogP contribution in [0.15, 0.2) is 41.3 Å². The van der Waals surface area contributed by atoms with Gasteiger partial charge in [0.1, 0.15) is 11.2 Å². The molecular weight excluding hydrogens is 402 g/mol. The van der Waals surface area contributed by atoms with E-state index in [1.807, 2.05) is 22.9 Å². The van der Waals surface area contributed by atoms with Crippen LogP contribution in [-0.4, -0.2) is 47.9 Å². The predicted molar refractivity (Wildman–Crippen MR) is 122 cm³/mol. The molecule has 0 radical (unpaired) electrons. The monoisotopic (exact) mass is 429 g/mol. The fourth-order valence-corrected chi connectivity index (χ4v) is 5.43. The Hall–Kier alpha value is -3.13. The maximum absolute atomic E-state index is 12.8. The second kappa shape index (κ2) is 7.78. The highest BCUT2D eigenvalue weighted by atomic mass is 16.1. The Bertz CT molecular complexity index is 1340. The lowest BCUT2D eigenvalue weighted by atomic mass is 9.97. The van der Waals surface area contributed by atoms with Crippen molar-refractivity contribution in [1.82, 2.24) is 34.8 Å². The van der Waals surface area contributed by atoms with Gasteiger partial charge in [0.25, 0.3) is 5.56 Å². The topological polar surface area (TPSA) is 92.6 Å². The first-order valence-electron chi connectivity index (χ1n) is 11.6. The van der Waals surface area contributed by atoms with Crippen molar-refractivity contribution in [2.75, 3.05) is 13.1 Å². The highest BCUT2D eigenvalue weighted by molar-refractivity contribution is 5.77. The second-order valence-electron chi connectivity index (χ2n) is 9.39. The SMILES string of the molecule is C[C@@H]1CN(Cc2cc3ccccc3nn2)C[C@H]1c1nc2c(cnn2C2CCCC2)c(=O)[nH]1. The van der Waals surface area contributed by atoms with Crippen LogP contribution >= 0.6 is 0 Å². The summed E-state index contributed by atoms with van der Waals surface area (Å²) in [5.74, 6) is 1.33. The van der Waals surface area contributed by atoms with Crippen molar-refractivity contribution >= 4 is 21.9 Å². The van der Waals surface area contributed by atoms with E-state index in [0.717, 1.165) is 60.5 Å². The standard InChI is InChI=1S/C24H27N7O/c1-15-12-30(13-17-10-16-6-2-5-9-21(16)29-28-17)14-20(15)22-26-23-19(24(32)27-22)11-25-31(23)18-7-3-4-8-18/h2,5-6,9-11,15,18,20H,3-4,7-8,12-14H2,1H3,(H,26,27,32)/t15-,20-/m1/s1. The van der Waals surface area contributed by atoms with Crippen molar-refractivity contribution in [1.29, 1.82) is 0 Å². The Morgan fingerprint density at radius 1 is 1.12 bits per heavy atom. The van der Waals surface area contributed by atoms with Crippen LogP contribution in [0.3, 0.4) is 0 Å². The van der Waals surface area contributed by atoms with Crippen LogP contribution in [-0.2, 0) is 6.54 Å². The van der Waals surface area contributed by atoms with Gasteiger partial charge in [-0.1, -0.05) is 38.0 Å². The maximum Gasteiger partial charge on any atom is 0.262 e. The van der Waals surface area contributed by atoms with E-state index < -0.39 is 0 Å². The molecule has 1 saturated heterocycles. The molecule has 0 unspecified atom stereocenters. The molecule has 1 aliphatic heterocycles. The van der Waals surface area contributed by atoms with Gasteiger partial charge in [-0.15, -0.1) is 0 Å². The predicted octanol–water partition coefficient (Wildman–Crippen LogP) is 3.41. The van der Waals surface area contributed by atoms with Gasteiger partial charge in [-0.2, -0.15) is 15.3 Å². The zero-order valence-electron chi connectivity index (χ0n) is 18.2. The van der Waals surface area contributed by atoms with Crippen LogP contribution in [0.4, 0.5) is 0 Å². The van der Waals surface area contributed by atoms with Gasteiger partial charge in [-0.3, -0.25) is 9.69 Å². The minimum Gasteiger partial charge on any atom is -0.310 e. The Morgan fingerprint density at radius 3 is 2.84 bits per heavy atom. The molecule has 2 atom stereocenters. The van der Waals surface area contributed by atoms with E-state index in [-0.39, 0.29) is 11.5 Å². The molecule has 32 heavy (non-hydrogen) atoms. The summed E-state index contributed by atoms with van der Waals surface area (Å²) < 4.78 is 1.99. The zero-order valence-corrected chi connectivity index (χ0v) is 18.2. The molecule has 1 N–H and O–H groups in total. The van der Waals surface area contributed by atoms with Crippen LogP contribution in [0.5, 0.6) is 0 Å². The van der Waals surface area contributed by atoms with Crippen LogP contribution in [0, 0.1) is 5.92 Å². The van der Waals surface area contributed by atoms with E-state index in [4.69, 9.17) is 4.98 Å². The molecule has 3 aromatic heterocycles. The van der Waals surface area contributed by atoms with Crippen molar-refractivity contribution in [3.05, 3.63) is 58.4 Å². The molecule has 0 bridgehead atoms. The number of fused-ring (bicyclic) bond motifs is 2. The average molecular weight is 430 g/mol. The van der Waals surface area contributed by atoms with Gasteiger partial charge in [0, 0.05) is 30.9 Å². The van der Waals surface area contributed by atoms with E-state index in [2.05, 4.69) is 44.2 Å². The number of nitrogens with zero attached hydrogens (tertiary/aromatic N) is 6. The molecule has 2 fully saturated rings. The summed E-state index contributed by atoms with van der Waals surface area (Å²) in [6.45, 7) is 4.74. The largest absolute Gasteiger partial charge is 0.310 e. The zero-order chi connectivity index (χ0) is 21.7. The summed E-state index contributed by atoms with van der Waals surface area (Å²) in [4.78, 5) is 23.2. The van der Waals surface area contributed by atoms with Crippen LogP contribution in [0.1, 0.15) is 56.1 Å². The molecular formula is C24H27N7O. The molecule has 4 aromatic rings. The molecule has 4 heterocycles. The third kappa shape index (κ3) is 3.39.